The maximum atomic E-state index is 12.9. The second kappa shape index (κ2) is 8.54. The summed E-state index contributed by atoms with van der Waals surface area (Å²) in [5.74, 6) is -0.213. The third-order valence-electron chi connectivity index (χ3n) is 4.93. The van der Waals surface area contributed by atoms with Crippen LogP contribution in [0.1, 0.15) is 11.1 Å². The average molecular weight is 426 g/mol. The first-order chi connectivity index (χ1) is 13.7. The van der Waals surface area contributed by atoms with Crippen LogP contribution in [0.2, 0.25) is 0 Å². The molecule has 1 heterocycles. The largest absolute Gasteiger partial charge is 0.433 e. The number of anilines is 2. The molecule has 1 N–H and O–H groups in total. The third kappa shape index (κ3) is 5.16. The molecule has 0 amide bonds. The molecule has 9 heteroatoms. The Hall–Kier alpha value is -2.39. The normalized spacial score (nSPS) is 15.6. The van der Waals surface area contributed by atoms with Gasteiger partial charge in [-0.1, -0.05) is 12.1 Å². The Morgan fingerprint density at radius 2 is 1.72 bits per heavy atom. The van der Waals surface area contributed by atoms with Gasteiger partial charge in [0, 0.05) is 31.9 Å². The van der Waals surface area contributed by atoms with Crippen molar-refractivity contribution >= 4 is 21.4 Å². The van der Waals surface area contributed by atoms with E-state index in [1.54, 1.807) is 25.1 Å². The fourth-order valence-electron chi connectivity index (χ4n) is 3.26. The maximum absolute atomic E-state index is 12.9. The van der Waals surface area contributed by atoms with Crippen LogP contribution in [0.15, 0.2) is 41.3 Å². The summed E-state index contributed by atoms with van der Waals surface area (Å²) in [5.41, 5.74) is 2.48. The Balaban J connectivity index is 1.90. The maximum Gasteiger partial charge on any atom is 0.387 e. The molecule has 1 aliphatic rings. The van der Waals surface area contributed by atoms with Crippen molar-refractivity contribution < 1.29 is 21.9 Å². The molecule has 1 saturated heterocycles. The van der Waals surface area contributed by atoms with Crippen molar-refractivity contribution in [2.45, 2.75) is 25.4 Å². The van der Waals surface area contributed by atoms with Crippen LogP contribution >= 0.6 is 0 Å². The van der Waals surface area contributed by atoms with E-state index in [9.17, 15) is 17.2 Å². The molecule has 0 bridgehead atoms. The minimum absolute atomic E-state index is 0.0300. The number of alkyl halides is 2. The second-order valence-corrected chi connectivity index (χ2v) is 8.90. The summed E-state index contributed by atoms with van der Waals surface area (Å²) in [6.45, 7) is 3.99. The van der Waals surface area contributed by atoms with Gasteiger partial charge >= 0.3 is 6.61 Å². The van der Waals surface area contributed by atoms with Gasteiger partial charge < -0.3 is 14.5 Å². The van der Waals surface area contributed by atoms with Gasteiger partial charge in [-0.25, -0.2) is 8.42 Å². The molecule has 0 aromatic heterocycles. The first-order valence-corrected chi connectivity index (χ1v) is 10.8. The number of piperazine rings is 1. The predicted octanol–water partition coefficient (Wildman–Crippen LogP) is 3.46. The topological polar surface area (TPSA) is 61.9 Å². The summed E-state index contributed by atoms with van der Waals surface area (Å²) in [7, 11) is -1.93. The second-order valence-electron chi connectivity index (χ2n) is 7.22. The summed E-state index contributed by atoms with van der Waals surface area (Å²) < 4.78 is 58.2. The van der Waals surface area contributed by atoms with E-state index in [1.807, 2.05) is 6.92 Å². The molecule has 3 rings (SSSR count). The molecule has 1 fully saturated rings. The Morgan fingerprint density at radius 1 is 1.03 bits per heavy atom. The van der Waals surface area contributed by atoms with Crippen LogP contribution in [-0.2, 0) is 10.0 Å². The molecule has 1 aliphatic heterocycles. The number of aryl methyl sites for hydroxylation is 2. The van der Waals surface area contributed by atoms with Gasteiger partial charge in [0.1, 0.15) is 5.75 Å². The van der Waals surface area contributed by atoms with Gasteiger partial charge in [0.25, 0.3) is 10.0 Å². The number of hydrogen-bond acceptors (Lipinski definition) is 5. The summed E-state index contributed by atoms with van der Waals surface area (Å²) in [6, 6.07) is 9.31. The molecule has 0 aliphatic carbocycles. The Morgan fingerprint density at radius 3 is 2.38 bits per heavy atom. The Bertz CT molecular complexity index is 975. The molecular weight excluding hydrogens is 400 g/mol. The van der Waals surface area contributed by atoms with Gasteiger partial charge in [-0.3, -0.25) is 4.72 Å². The number of hydrogen-bond donors (Lipinski definition) is 1. The number of ether oxygens (including phenoxy) is 1. The SMILES string of the molecule is Cc1ccc(NS(=O)(=O)c2ccc(C)c(N3CCN(C)CC3)c2)c(OC(F)F)c1. The standard InChI is InChI=1S/C20H25F2N3O3S/c1-14-4-7-17(19(12-14)28-20(21)22)23-29(26,27)16-6-5-15(2)18(13-16)25-10-8-24(3)9-11-25/h4-7,12-13,20,23H,8-11H2,1-3H3. The number of rotatable bonds is 6. The van der Waals surface area contributed by atoms with Crippen molar-refractivity contribution in [3.63, 3.8) is 0 Å². The first kappa shape index (κ1) is 21.3. The predicted molar refractivity (Wildman–Crippen MR) is 110 cm³/mol. The van der Waals surface area contributed by atoms with E-state index in [2.05, 4.69) is 26.3 Å². The Labute approximate surface area is 170 Å². The fraction of sp³-hybridized carbons (Fsp3) is 0.400. The van der Waals surface area contributed by atoms with Gasteiger partial charge in [0.05, 0.1) is 10.6 Å². The van der Waals surface area contributed by atoms with E-state index in [0.717, 1.165) is 37.4 Å². The van der Waals surface area contributed by atoms with E-state index in [0.29, 0.717) is 5.56 Å². The third-order valence-corrected chi connectivity index (χ3v) is 6.30. The number of benzene rings is 2. The number of nitrogens with zero attached hydrogens (tertiary/aromatic N) is 2. The van der Waals surface area contributed by atoms with Crippen molar-refractivity contribution in [2.24, 2.45) is 0 Å². The zero-order valence-corrected chi connectivity index (χ0v) is 17.5. The van der Waals surface area contributed by atoms with Crippen LogP contribution in [0.3, 0.4) is 0 Å². The van der Waals surface area contributed by atoms with Gasteiger partial charge in [-0.05, 0) is 56.3 Å². The zero-order chi connectivity index (χ0) is 21.2. The van der Waals surface area contributed by atoms with Crippen molar-refractivity contribution in [1.29, 1.82) is 0 Å². The minimum Gasteiger partial charge on any atom is -0.433 e. The molecule has 2 aromatic carbocycles. The highest BCUT2D eigenvalue weighted by atomic mass is 32.2. The van der Waals surface area contributed by atoms with Crippen molar-refractivity contribution in [1.82, 2.24) is 4.90 Å². The molecule has 0 unspecified atom stereocenters. The molecule has 0 spiro atoms. The summed E-state index contributed by atoms with van der Waals surface area (Å²) in [6.07, 6.45) is 0. The van der Waals surface area contributed by atoms with Crippen LogP contribution < -0.4 is 14.4 Å². The molecule has 29 heavy (non-hydrogen) atoms. The highest BCUT2D eigenvalue weighted by Gasteiger charge is 2.22. The average Bonchev–Trinajstić information content (AvgIpc) is 2.64. The summed E-state index contributed by atoms with van der Waals surface area (Å²) in [5, 5.41) is 0. The van der Waals surface area contributed by atoms with Crippen molar-refractivity contribution in [2.75, 3.05) is 42.8 Å². The molecule has 158 valence electrons. The van der Waals surface area contributed by atoms with Gasteiger partial charge in [0.2, 0.25) is 0 Å². The lowest BCUT2D eigenvalue weighted by Crippen LogP contribution is -2.44. The van der Waals surface area contributed by atoms with Crippen molar-refractivity contribution in [3.05, 3.63) is 47.5 Å². The van der Waals surface area contributed by atoms with E-state index in [1.165, 1.54) is 18.2 Å². The monoisotopic (exact) mass is 425 g/mol. The molecule has 0 atom stereocenters. The number of likely N-dealkylation sites (N-methyl/N-ethyl adjacent to an activating group) is 1. The smallest absolute Gasteiger partial charge is 0.387 e. The molecule has 0 saturated carbocycles. The quantitative estimate of drug-likeness (QED) is 0.768. The van der Waals surface area contributed by atoms with Crippen LogP contribution in [-0.4, -0.2) is 53.2 Å². The molecule has 6 nitrogen and oxygen atoms in total. The van der Waals surface area contributed by atoms with Crippen LogP contribution in [0.5, 0.6) is 5.75 Å². The van der Waals surface area contributed by atoms with Crippen LogP contribution in [0, 0.1) is 13.8 Å². The molecule has 2 aromatic rings. The van der Waals surface area contributed by atoms with Gasteiger partial charge in [-0.15, -0.1) is 0 Å². The Kier molecular flexibility index (Phi) is 6.28. The molecule has 0 radical (unpaired) electrons. The number of sulfonamides is 1. The first-order valence-electron chi connectivity index (χ1n) is 9.28. The zero-order valence-electron chi connectivity index (χ0n) is 16.7. The van der Waals surface area contributed by atoms with E-state index >= 15 is 0 Å². The lowest BCUT2D eigenvalue weighted by molar-refractivity contribution is -0.0493. The van der Waals surface area contributed by atoms with Gasteiger partial charge in [-0.2, -0.15) is 8.78 Å². The van der Waals surface area contributed by atoms with Crippen LogP contribution in [0.4, 0.5) is 20.2 Å². The summed E-state index contributed by atoms with van der Waals surface area (Å²) in [4.78, 5) is 4.45. The lowest BCUT2D eigenvalue weighted by atomic mass is 10.1. The highest BCUT2D eigenvalue weighted by Crippen LogP contribution is 2.31. The van der Waals surface area contributed by atoms with Crippen LogP contribution in [0.25, 0.3) is 0 Å². The summed E-state index contributed by atoms with van der Waals surface area (Å²) >= 11 is 0. The fourth-order valence-corrected chi connectivity index (χ4v) is 4.35. The molecular formula is C20H25F2N3O3S. The van der Waals surface area contributed by atoms with E-state index < -0.39 is 16.6 Å². The van der Waals surface area contributed by atoms with Gasteiger partial charge in [0.15, 0.2) is 0 Å². The van der Waals surface area contributed by atoms with Crippen molar-refractivity contribution in [3.8, 4) is 5.75 Å². The minimum atomic E-state index is -3.99. The van der Waals surface area contributed by atoms with E-state index in [4.69, 9.17) is 0 Å². The lowest BCUT2D eigenvalue weighted by Gasteiger charge is -2.35. The van der Waals surface area contributed by atoms with E-state index in [-0.39, 0.29) is 16.3 Å². The highest BCUT2D eigenvalue weighted by molar-refractivity contribution is 7.92. The number of halogens is 2. The number of nitrogens with one attached hydrogen (secondary N) is 1.